The van der Waals surface area contributed by atoms with Crippen LogP contribution in [0.4, 0.5) is 5.69 Å². The molecule has 0 saturated carbocycles. The first kappa shape index (κ1) is 8.97. The Morgan fingerprint density at radius 2 is 2.29 bits per heavy atom. The number of benzene rings is 1. The van der Waals surface area contributed by atoms with E-state index < -0.39 is 0 Å². The van der Waals surface area contributed by atoms with Gasteiger partial charge >= 0.3 is 0 Å². The Morgan fingerprint density at radius 3 is 3.07 bits per heavy atom. The number of nitrogens with two attached hydrogens (primary N) is 1. The highest BCUT2D eigenvalue weighted by atomic mass is 16.5. The molecule has 0 radical (unpaired) electrons. The van der Waals surface area contributed by atoms with Crippen molar-refractivity contribution in [2.75, 3.05) is 12.8 Å². The molecular weight excluding hydrogens is 176 g/mol. The minimum absolute atomic E-state index is 0.518. The maximum atomic E-state index is 5.85. The van der Waals surface area contributed by atoms with Crippen LogP contribution in [0.15, 0.2) is 30.5 Å². The van der Waals surface area contributed by atoms with Crippen molar-refractivity contribution in [2.24, 2.45) is 0 Å². The van der Waals surface area contributed by atoms with Gasteiger partial charge in [-0.05, 0) is 12.1 Å². The second-order valence-electron chi connectivity index (χ2n) is 3.18. The molecule has 0 fully saturated rings. The lowest BCUT2D eigenvalue weighted by Crippen LogP contribution is -1.93. The summed E-state index contributed by atoms with van der Waals surface area (Å²) in [5, 5.41) is 2.10. The zero-order chi connectivity index (χ0) is 9.97. The molecule has 0 saturated heterocycles. The smallest absolute Gasteiger partial charge is 0.0884 e. The lowest BCUT2D eigenvalue weighted by molar-refractivity contribution is 0.181. The molecule has 3 heteroatoms. The summed E-state index contributed by atoms with van der Waals surface area (Å²) in [4.78, 5) is 4.26. The highest BCUT2D eigenvalue weighted by Crippen LogP contribution is 2.20. The van der Waals surface area contributed by atoms with E-state index in [-0.39, 0.29) is 0 Å². The molecule has 1 aromatic carbocycles. The molecule has 0 amide bonds. The molecule has 2 rings (SSSR count). The van der Waals surface area contributed by atoms with Gasteiger partial charge in [0, 0.05) is 29.8 Å². The van der Waals surface area contributed by atoms with E-state index in [1.165, 1.54) is 0 Å². The Labute approximate surface area is 82.5 Å². The van der Waals surface area contributed by atoms with E-state index in [0.29, 0.717) is 6.61 Å². The molecule has 0 aliphatic carbocycles. The van der Waals surface area contributed by atoms with Crippen molar-refractivity contribution < 1.29 is 4.74 Å². The fraction of sp³-hybridized carbons (Fsp3) is 0.182. The number of hydrogen-bond acceptors (Lipinski definition) is 3. The molecule has 1 heterocycles. The largest absolute Gasteiger partial charge is 0.398 e. The molecule has 1 aromatic heterocycles. The van der Waals surface area contributed by atoms with Crippen LogP contribution in [0.3, 0.4) is 0 Å². The van der Waals surface area contributed by atoms with Crippen LogP contribution in [-0.4, -0.2) is 12.1 Å². The number of methoxy groups -OCH3 is 1. The van der Waals surface area contributed by atoms with Gasteiger partial charge in [-0.3, -0.25) is 4.98 Å². The third-order valence-corrected chi connectivity index (χ3v) is 2.15. The van der Waals surface area contributed by atoms with Gasteiger partial charge in [-0.2, -0.15) is 0 Å². The Kier molecular flexibility index (Phi) is 2.33. The second-order valence-corrected chi connectivity index (χ2v) is 3.18. The van der Waals surface area contributed by atoms with Gasteiger partial charge in [-0.25, -0.2) is 0 Å². The lowest BCUT2D eigenvalue weighted by Gasteiger charge is -2.03. The van der Waals surface area contributed by atoms with Crippen LogP contribution >= 0.6 is 0 Å². The van der Waals surface area contributed by atoms with Crippen molar-refractivity contribution in [3.05, 3.63) is 36.2 Å². The fourth-order valence-corrected chi connectivity index (χ4v) is 1.46. The highest BCUT2D eigenvalue weighted by Gasteiger charge is 1.99. The van der Waals surface area contributed by atoms with E-state index >= 15 is 0 Å². The number of pyridine rings is 1. The third kappa shape index (κ3) is 1.54. The van der Waals surface area contributed by atoms with Crippen LogP contribution in [0.1, 0.15) is 5.69 Å². The molecule has 0 unspecified atom stereocenters. The molecule has 0 aliphatic rings. The van der Waals surface area contributed by atoms with Crippen LogP contribution in [-0.2, 0) is 11.3 Å². The van der Waals surface area contributed by atoms with Crippen molar-refractivity contribution in [2.45, 2.75) is 6.61 Å². The molecule has 0 bridgehead atoms. The monoisotopic (exact) mass is 188 g/mol. The molecule has 0 spiro atoms. The second kappa shape index (κ2) is 3.64. The number of nitrogen functional groups attached to an aromatic ring is 1. The van der Waals surface area contributed by atoms with E-state index in [0.717, 1.165) is 22.2 Å². The molecule has 72 valence electrons. The number of hydrogen-bond donors (Lipinski definition) is 1. The van der Waals surface area contributed by atoms with Crippen LogP contribution in [0.5, 0.6) is 0 Å². The van der Waals surface area contributed by atoms with Gasteiger partial charge in [-0.15, -0.1) is 0 Å². The van der Waals surface area contributed by atoms with Gasteiger partial charge in [0.25, 0.3) is 0 Å². The van der Waals surface area contributed by atoms with E-state index in [1.54, 1.807) is 7.11 Å². The molecule has 2 aromatic rings. The van der Waals surface area contributed by atoms with Crippen LogP contribution in [0.25, 0.3) is 10.8 Å². The third-order valence-electron chi connectivity index (χ3n) is 2.15. The van der Waals surface area contributed by atoms with Crippen LogP contribution in [0, 0.1) is 0 Å². The lowest BCUT2D eigenvalue weighted by atomic mass is 10.1. The van der Waals surface area contributed by atoms with Crippen LogP contribution < -0.4 is 5.73 Å². The SMILES string of the molecule is COCc1cc2c(N)cccc2cn1. The zero-order valence-corrected chi connectivity index (χ0v) is 8.03. The quantitative estimate of drug-likeness (QED) is 0.733. The number of fused-ring (bicyclic) bond motifs is 1. The molecule has 2 N–H and O–H groups in total. The number of nitrogens with zero attached hydrogens (tertiary/aromatic N) is 1. The highest BCUT2D eigenvalue weighted by molar-refractivity contribution is 5.92. The predicted octanol–water partition coefficient (Wildman–Crippen LogP) is 1.96. The Balaban J connectivity index is 2.58. The molecule has 0 aliphatic heterocycles. The number of anilines is 1. The topological polar surface area (TPSA) is 48.1 Å². The molecule has 0 atom stereocenters. The molecule has 3 nitrogen and oxygen atoms in total. The minimum Gasteiger partial charge on any atom is -0.398 e. The van der Waals surface area contributed by atoms with Crippen LogP contribution in [0.2, 0.25) is 0 Å². The van der Waals surface area contributed by atoms with Crippen molar-refractivity contribution in [1.29, 1.82) is 0 Å². The van der Waals surface area contributed by atoms with E-state index in [4.69, 9.17) is 10.5 Å². The standard InChI is InChI=1S/C11H12N2O/c1-14-7-9-5-10-8(6-13-9)3-2-4-11(10)12/h2-6H,7,12H2,1H3. The van der Waals surface area contributed by atoms with Gasteiger partial charge in [0.05, 0.1) is 12.3 Å². The maximum absolute atomic E-state index is 5.85. The minimum atomic E-state index is 0.518. The van der Waals surface area contributed by atoms with Gasteiger partial charge < -0.3 is 10.5 Å². The number of rotatable bonds is 2. The van der Waals surface area contributed by atoms with E-state index in [2.05, 4.69) is 4.98 Å². The number of aromatic nitrogens is 1. The first-order valence-electron chi connectivity index (χ1n) is 4.43. The summed E-state index contributed by atoms with van der Waals surface area (Å²) in [6.07, 6.45) is 1.82. The van der Waals surface area contributed by atoms with E-state index in [9.17, 15) is 0 Å². The normalized spacial score (nSPS) is 10.6. The summed E-state index contributed by atoms with van der Waals surface area (Å²) >= 11 is 0. The van der Waals surface area contributed by atoms with Crippen molar-refractivity contribution in [3.8, 4) is 0 Å². The maximum Gasteiger partial charge on any atom is 0.0884 e. The summed E-state index contributed by atoms with van der Waals surface area (Å²) < 4.78 is 5.01. The fourth-order valence-electron chi connectivity index (χ4n) is 1.46. The molecule has 14 heavy (non-hydrogen) atoms. The summed E-state index contributed by atoms with van der Waals surface area (Å²) in [5.74, 6) is 0. The van der Waals surface area contributed by atoms with E-state index in [1.807, 2.05) is 30.5 Å². The first-order valence-corrected chi connectivity index (χ1v) is 4.43. The summed E-state index contributed by atoms with van der Waals surface area (Å²) in [6.45, 7) is 0.518. The van der Waals surface area contributed by atoms with Crippen molar-refractivity contribution in [3.63, 3.8) is 0 Å². The van der Waals surface area contributed by atoms with Gasteiger partial charge in [0.2, 0.25) is 0 Å². The Bertz CT molecular complexity index is 454. The van der Waals surface area contributed by atoms with Gasteiger partial charge in [0.15, 0.2) is 0 Å². The Morgan fingerprint density at radius 1 is 1.43 bits per heavy atom. The summed E-state index contributed by atoms with van der Waals surface area (Å²) in [5.41, 5.74) is 7.53. The number of ether oxygens (including phenoxy) is 1. The van der Waals surface area contributed by atoms with Gasteiger partial charge in [0.1, 0.15) is 0 Å². The first-order chi connectivity index (χ1) is 6.81. The summed E-state index contributed by atoms with van der Waals surface area (Å²) in [6, 6.07) is 7.78. The zero-order valence-electron chi connectivity index (χ0n) is 8.03. The summed E-state index contributed by atoms with van der Waals surface area (Å²) in [7, 11) is 1.65. The average Bonchev–Trinajstić information content (AvgIpc) is 2.20. The van der Waals surface area contributed by atoms with Gasteiger partial charge in [-0.1, -0.05) is 12.1 Å². The van der Waals surface area contributed by atoms with Crippen molar-refractivity contribution in [1.82, 2.24) is 4.98 Å². The Hall–Kier alpha value is -1.61. The predicted molar refractivity (Wildman–Crippen MR) is 56.9 cm³/mol. The average molecular weight is 188 g/mol. The van der Waals surface area contributed by atoms with Crippen molar-refractivity contribution >= 4 is 16.5 Å². The molecular formula is C11H12N2O.